The third-order valence-corrected chi connectivity index (χ3v) is 6.33. The zero-order valence-electron chi connectivity index (χ0n) is 17.9. The summed E-state index contributed by atoms with van der Waals surface area (Å²) in [4.78, 5) is 10.4. The zero-order valence-corrected chi connectivity index (χ0v) is 17.9. The van der Waals surface area contributed by atoms with E-state index < -0.39 is 12.0 Å². The maximum absolute atomic E-state index is 14.9. The lowest BCUT2D eigenvalue weighted by Gasteiger charge is -2.44. The van der Waals surface area contributed by atoms with Gasteiger partial charge in [0.25, 0.3) is 5.92 Å². The largest absolute Gasteiger partial charge is 0.479 e. The molecule has 172 valence electrons. The summed E-state index contributed by atoms with van der Waals surface area (Å²) in [6, 6.07) is 4.70. The lowest BCUT2D eigenvalue weighted by Crippen LogP contribution is -2.61. The van der Waals surface area contributed by atoms with Crippen LogP contribution in [0.2, 0.25) is 0 Å². The molecule has 2 aliphatic rings. The normalized spacial score (nSPS) is 21.4. The van der Waals surface area contributed by atoms with Gasteiger partial charge in [0.15, 0.2) is 5.65 Å². The quantitative estimate of drug-likeness (QED) is 0.487. The van der Waals surface area contributed by atoms with Gasteiger partial charge in [0.2, 0.25) is 11.8 Å². The maximum Gasteiger partial charge on any atom is 0.280 e. The minimum atomic E-state index is -2.92. The molecule has 1 atom stereocenters. The molecular formula is C21H22F2N8O2. The Labute approximate surface area is 187 Å². The number of hydrogen-bond acceptors (Lipinski definition) is 8. The van der Waals surface area contributed by atoms with Crippen molar-refractivity contribution in [2.45, 2.75) is 24.4 Å². The third-order valence-electron chi connectivity index (χ3n) is 6.33. The van der Waals surface area contributed by atoms with Crippen molar-refractivity contribution in [3.05, 3.63) is 36.9 Å². The van der Waals surface area contributed by atoms with E-state index in [0.717, 1.165) is 11.1 Å². The Kier molecular flexibility index (Phi) is 4.66. The van der Waals surface area contributed by atoms with Crippen molar-refractivity contribution in [3.63, 3.8) is 0 Å². The number of nitrogens with zero attached hydrogens (tertiary/aromatic N) is 7. The van der Waals surface area contributed by atoms with E-state index >= 15 is 0 Å². The van der Waals surface area contributed by atoms with Crippen LogP contribution in [0.1, 0.15) is 6.42 Å². The molecule has 33 heavy (non-hydrogen) atoms. The van der Waals surface area contributed by atoms with Gasteiger partial charge in [0.1, 0.15) is 11.8 Å². The third kappa shape index (κ3) is 3.45. The molecule has 0 amide bonds. The van der Waals surface area contributed by atoms with Crippen molar-refractivity contribution in [1.29, 1.82) is 0 Å². The molecule has 1 N–H and O–H groups in total. The predicted octanol–water partition coefficient (Wildman–Crippen LogP) is 1.97. The first-order chi connectivity index (χ1) is 16.0. The van der Waals surface area contributed by atoms with E-state index in [9.17, 15) is 8.78 Å². The van der Waals surface area contributed by atoms with Gasteiger partial charge in [-0.25, -0.2) is 22.8 Å². The average molecular weight is 456 g/mol. The van der Waals surface area contributed by atoms with Crippen molar-refractivity contribution < 1.29 is 18.3 Å². The Hall–Kier alpha value is -3.38. The summed E-state index contributed by atoms with van der Waals surface area (Å²) < 4.78 is 43.7. The van der Waals surface area contributed by atoms with E-state index in [2.05, 4.69) is 25.5 Å². The van der Waals surface area contributed by atoms with E-state index in [1.54, 1.807) is 20.1 Å². The van der Waals surface area contributed by atoms with E-state index in [0.29, 0.717) is 36.8 Å². The first-order valence-electron chi connectivity index (χ1n) is 10.7. The Morgan fingerprint density at radius 3 is 2.82 bits per heavy atom. The number of fused-ring (bicyclic) bond motifs is 2. The van der Waals surface area contributed by atoms with Gasteiger partial charge in [-0.15, -0.1) is 5.10 Å². The summed E-state index contributed by atoms with van der Waals surface area (Å²) in [5.74, 6) is -2.53. The Bertz CT molecular complexity index is 1320. The fourth-order valence-electron chi connectivity index (χ4n) is 4.46. The second kappa shape index (κ2) is 7.59. The van der Waals surface area contributed by atoms with Crippen LogP contribution in [0.4, 0.5) is 14.7 Å². The number of hydrogen-bond donors (Lipinski definition) is 1. The maximum atomic E-state index is 14.9. The fourth-order valence-corrected chi connectivity index (χ4v) is 4.46. The number of methoxy groups -OCH3 is 1. The van der Waals surface area contributed by atoms with E-state index in [-0.39, 0.29) is 25.0 Å². The van der Waals surface area contributed by atoms with Crippen molar-refractivity contribution in [2.75, 3.05) is 38.7 Å². The van der Waals surface area contributed by atoms with Crippen LogP contribution < -0.4 is 10.1 Å². The van der Waals surface area contributed by atoms with E-state index in [1.807, 2.05) is 24.4 Å². The highest BCUT2D eigenvalue weighted by atomic mass is 19.3. The van der Waals surface area contributed by atoms with Crippen LogP contribution >= 0.6 is 0 Å². The van der Waals surface area contributed by atoms with Crippen molar-refractivity contribution in [2.24, 2.45) is 0 Å². The van der Waals surface area contributed by atoms with Crippen LogP contribution in [0.25, 0.3) is 22.3 Å². The van der Waals surface area contributed by atoms with Gasteiger partial charge in [-0.2, -0.15) is 10.1 Å². The first-order valence-corrected chi connectivity index (χ1v) is 10.7. The number of halogens is 2. The molecule has 0 unspecified atom stereocenters. The SMILES string of the molecule is COc1nc(N[C@@H]2CCN(C3COC3)CC2(F)F)nn2ccc(-c3ccn4ncnc4c3)c12. The number of nitrogens with one attached hydrogen (secondary N) is 1. The van der Waals surface area contributed by atoms with Crippen LogP contribution in [0.5, 0.6) is 5.88 Å². The van der Waals surface area contributed by atoms with Gasteiger partial charge in [-0.1, -0.05) is 0 Å². The topological polar surface area (TPSA) is 94.1 Å². The molecule has 6 rings (SSSR count). The molecule has 6 heterocycles. The molecule has 0 spiro atoms. The molecule has 0 bridgehead atoms. The molecule has 2 saturated heterocycles. The number of ether oxygens (including phenoxy) is 2. The van der Waals surface area contributed by atoms with Gasteiger partial charge in [-0.05, 0) is 30.2 Å². The Morgan fingerprint density at radius 2 is 2.06 bits per heavy atom. The molecule has 4 aromatic heterocycles. The lowest BCUT2D eigenvalue weighted by atomic mass is 9.98. The highest BCUT2D eigenvalue weighted by Gasteiger charge is 2.47. The molecule has 2 aliphatic heterocycles. The highest BCUT2D eigenvalue weighted by Crippen LogP contribution is 2.34. The number of likely N-dealkylation sites (tertiary alicyclic amines) is 1. The summed E-state index contributed by atoms with van der Waals surface area (Å²) in [6.07, 6.45) is 5.33. The number of anilines is 1. The molecular weight excluding hydrogens is 434 g/mol. The number of rotatable bonds is 5. The molecule has 12 heteroatoms. The lowest BCUT2D eigenvalue weighted by molar-refractivity contribution is -0.131. The average Bonchev–Trinajstić information content (AvgIpc) is 3.39. The summed E-state index contributed by atoms with van der Waals surface area (Å²) in [6.45, 7) is 1.30. The van der Waals surface area contributed by atoms with Crippen LogP contribution in [0.3, 0.4) is 0 Å². The van der Waals surface area contributed by atoms with Gasteiger partial charge in [-0.3, -0.25) is 4.90 Å². The second-order valence-electron chi connectivity index (χ2n) is 8.35. The van der Waals surface area contributed by atoms with Crippen LogP contribution in [0.15, 0.2) is 36.9 Å². The molecule has 10 nitrogen and oxygen atoms in total. The van der Waals surface area contributed by atoms with Crippen molar-refractivity contribution in [3.8, 4) is 17.0 Å². The molecule has 4 aromatic rings. The van der Waals surface area contributed by atoms with Gasteiger partial charge < -0.3 is 14.8 Å². The zero-order chi connectivity index (χ0) is 22.6. The van der Waals surface area contributed by atoms with Gasteiger partial charge in [0.05, 0.1) is 39.0 Å². The number of piperidine rings is 1. The molecule has 0 saturated carbocycles. The number of pyridine rings is 1. The van der Waals surface area contributed by atoms with Crippen LogP contribution in [0, 0.1) is 0 Å². The Morgan fingerprint density at radius 1 is 1.21 bits per heavy atom. The summed E-state index contributed by atoms with van der Waals surface area (Å²) in [5.41, 5.74) is 3.07. The van der Waals surface area contributed by atoms with Crippen molar-refractivity contribution >= 4 is 17.1 Å². The number of alkyl halides is 2. The minimum absolute atomic E-state index is 0.0831. The Balaban J connectivity index is 1.30. The van der Waals surface area contributed by atoms with Crippen LogP contribution in [-0.4, -0.2) is 85.5 Å². The van der Waals surface area contributed by atoms with E-state index in [4.69, 9.17) is 9.47 Å². The summed E-state index contributed by atoms with van der Waals surface area (Å²) >= 11 is 0. The monoisotopic (exact) mass is 456 g/mol. The summed E-state index contributed by atoms with van der Waals surface area (Å²) in [5, 5.41) is 11.4. The fraction of sp³-hybridized carbons (Fsp3) is 0.429. The minimum Gasteiger partial charge on any atom is -0.479 e. The molecule has 2 fully saturated rings. The molecule has 0 aromatic carbocycles. The van der Waals surface area contributed by atoms with Crippen LogP contribution in [-0.2, 0) is 4.74 Å². The highest BCUT2D eigenvalue weighted by molar-refractivity contribution is 5.85. The number of aromatic nitrogens is 6. The second-order valence-corrected chi connectivity index (χ2v) is 8.35. The standard InChI is InChI=1S/C21H22F2N8O2/c1-32-19-18-15(13-2-6-30-17(8-13)24-12-25-30)3-7-31(18)28-20(27-19)26-16-4-5-29(11-21(16,22)23)14-9-33-10-14/h2-3,6-8,12,14,16H,4-5,9-11H2,1H3,(H,26,28)/t16-/m1/s1. The van der Waals surface area contributed by atoms with Crippen molar-refractivity contribution in [1.82, 2.24) is 34.1 Å². The van der Waals surface area contributed by atoms with E-state index in [1.165, 1.54) is 13.4 Å². The van der Waals surface area contributed by atoms with Gasteiger partial charge >= 0.3 is 0 Å². The summed E-state index contributed by atoms with van der Waals surface area (Å²) in [7, 11) is 1.50. The smallest absolute Gasteiger partial charge is 0.280 e. The predicted molar refractivity (Wildman–Crippen MR) is 115 cm³/mol. The van der Waals surface area contributed by atoms with Gasteiger partial charge in [0, 0.05) is 24.5 Å². The first kappa shape index (κ1) is 20.2. The molecule has 0 radical (unpaired) electrons. The molecule has 0 aliphatic carbocycles.